The van der Waals surface area contributed by atoms with Crippen molar-refractivity contribution in [3.63, 3.8) is 0 Å². The summed E-state index contributed by atoms with van der Waals surface area (Å²) in [5.41, 5.74) is 11.1. The van der Waals surface area contributed by atoms with Crippen LogP contribution in [0.4, 0.5) is 5.82 Å². The lowest BCUT2D eigenvalue weighted by molar-refractivity contribution is -0.142. The molecule has 3 rings (SSSR count). The van der Waals surface area contributed by atoms with Gasteiger partial charge in [0.05, 0.1) is 24.2 Å². The fourth-order valence-corrected chi connectivity index (χ4v) is 2.75. The molecular formula is C16H16N4O2S. The van der Waals surface area contributed by atoms with Crippen LogP contribution in [0.1, 0.15) is 12.5 Å². The van der Waals surface area contributed by atoms with E-state index in [1.807, 2.05) is 29.6 Å². The van der Waals surface area contributed by atoms with Crippen molar-refractivity contribution in [3.05, 3.63) is 46.8 Å². The maximum atomic E-state index is 11.5. The standard InChI is InChI=1S/C16H16N4O2S/c1-2-22-16(21)7-11-3-5-12(6-4-11)20-15(17)8-13(19-20)14-9-23-10-18-14/h3-6,8-10H,2,7,17H2,1H3. The highest BCUT2D eigenvalue weighted by Gasteiger charge is 2.11. The van der Waals surface area contributed by atoms with Crippen molar-refractivity contribution in [1.82, 2.24) is 14.8 Å². The van der Waals surface area contributed by atoms with Gasteiger partial charge in [-0.25, -0.2) is 9.67 Å². The van der Waals surface area contributed by atoms with E-state index in [0.29, 0.717) is 12.4 Å². The zero-order valence-electron chi connectivity index (χ0n) is 12.6. The zero-order chi connectivity index (χ0) is 16.2. The quantitative estimate of drug-likeness (QED) is 0.728. The van der Waals surface area contributed by atoms with Gasteiger partial charge in [0, 0.05) is 11.4 Å². The average Bonchev–Trinajstić information content (AvgIpc) is 3.18. The summed E-state index contributed by atoms with van der Waals surface area (Å²) in [4.78, 5) is 15.7. The van der Waals surface area contributed by atoms with Crippen LogP contribution >= 0.6 is 11.3 Å². The number of aromatic nitrogens is 3. The minimum absolute atomic E-state index is 0.232. The van der Waals surface area contributed by atoms with E-state index >= 15 is 0 Å². The van der Waals surface area contributed by atoms with Gasteiger partial charge in [0.2, 0.25) is 0 Å². The summed E-state index contributed by atoms with van der Waals surface area (Å²) in [6.07, 6.45) is 0.257. The highest BCUT2D eigenvalue weighted by atomic mass is 32.1. The third kappa shape index (κ3) is 3.40. The van der Waals surface area contributed by atoms with Crippen molar-refractivity contribution in [2.45, 2.75) is 13.3 Å². The fourth-order valence-electron chi connectivity index (χ4n) is 2.20. The summed E-state index contributed by atoms with van der Waals surface area (Å²) in [6, 6.07) is 9.29. The number of carbonyl (C=O) groups is 1. The lowest BCUT2D eigenvalue weighted by atomic mass is 10.1. The molecular weight excluding hydrogens is 312 g/mol. The summed E-state index contributed by atoms with van der Waals surface area (Å²) in [5.74, 6) is 0.302. The van der Waals surface area contributed by atoms with Crippen LogP contribution in [-0.2, 0) is 16.0 Å². The maximum absolute atomic E-state index is 11.5. The normalized spacial score (nSPS) is 10.7. The minimum atomic E-state index is -0.232. The predicted octanol–water partition coefficient (Wildman–Crippen LogP) is 2.68. The van der Waals surface area contributed by atoms with E-state index in [2.05, 4.69) is 10.1 Å². The molecule has 1 aromatic carbocycles. The highest BCUT2D eigenvalue weighted by molar-refractivity contribution is 7.07. The molecule has 6 nitrogen and oxygen atoms in total. The van der Waals surface area contributed by atoms with Gasteiger partial charge in [0.15, 0.2) is 0 Å². The Labute approximate surface area is 137 Å². The van der Waals surface area contributed by atoms with Gasteiger partial charge in [-0.2, -0.15) is 5.10 Å². The lowest BCUT2D eigenvalue weighted by Gasteiger charge is -2.06. The van der Waals surface area contributed by atoms with E-state index in [1.165, 1.54) is 11.3 Å². The molecule has 0 fully saturated rings. The minimum Gasteiger partial charge on any atom is -0.466 e. The Bertz CT molecular complexity index is 794. The molecule has 0 saturated heterocycles. The van der Waals surface area contributed by atoms with Crippen molar-refractivity contribution in [3.8, 4) is 17.1 Å². The molecule has 3 aromatic rings. The van der Waals surface area contributed by atoms with Gasteiger partial charge in [-0.05, 0) is 24.6 Å². The zero-order valence-corrected chi connectivity index (χ0v) is 13.4. The molecule has 7 heteroatoms. The van der Waals surface area contributed by atoms with Crippen LogP contribution < -0.4 is 5.73 Å². The Morgan fingerprint density at radius 1 is 1.30 bits per heavy atom. The first kappa shape index (κ1) is 15.2. The van der Waals surface area contributed by atoms with Gasteiger partial charge in [0.1, 0.15) is 17.2 Å². The molecule has 2 N–H and O–H groups in total. The third-order valence-electron chi connectivity index (χ3n) is 3.27. The SMILES string of the molecule is CCOC(=O)Cc1ccc(-n2nc(-c3cscn3)cc2N)cc1. The van der Waals surface area contributed by atoms with Gasteiger partial charge in [-0.3, -0.25) is 4.79 Å². The highest BCUT2D eigenvalue weighted by Crippen LogP contribution is 2.23. The number of ether oxygens (including phenoxy) is 1. The van der Waals surface area contributed by atoms with Crippen molar-refractivity contribution in [2.75, 3.05) is 12.3 Å². The first-order valence-corrected chi connectivity index (χ1v) is 8.10. The van der Waals surface area contributed by atoms with E-state index in [0.717, 1.165) is 22.6 Å². The molecule has 0 aliphatic heterocycles. The second-order valence-electron chi connectivity index (χ2n) is 4.89. The van der Waals surface area contributed by atoms with E-state index in [4.69, 9.17) is 10.5 Å². The number of hydrogen-bond acceptors (Lipinski definition) is 6. The average molecular weight is 328 g/mol. The number of nitrogens with two attached hydrogens (primary N) is 1. The van der Waals surface area contributed by atoms with Crippen LogP contribution in [0.25, 0.3) is 17.1 Å². The number of anilines is 1. The number of hydrogen-bond donors (Lipinski definition) is 1. The van der Waals surface area contributed by atoms with Gasteiger partial charge in [-0.1, -0.05) is 12.1 Å². The fraction of sp³-hybridized carbons (Fsp3) is 0.188. The molecule has 2 aromatic heterocycles. The maximum Gasteiger partial charge on any atom is 0.310 e. The molecule has 2 heterocycles. The molecule has 0 atom stereocenters. The summed E-state index contributed by atoms with van der Waals surface area (Å²) in [6.45, 7) is 2.18. The number of carbonyl (C=O) groups excluding carboxylic acids is 1. The third-order valence-corrected chi connectivity index (χ3v) is 3.85. The molecule has 0 radical (unpaired) electrons. The first-order chi connectivity index (χ1) is 11.2. The van der Waals surface area contributed by atoms with E-state index in [1.54, 1.807) is 23.2 Å². The van der Waals surface area contributed by atoms with Crippen LogP contribution in [0.15, 0.2) is 41.2 Å². The van der Waals surface area contributed by atoms with Crippen molar-refractivity contribution >= 4 is 23.1 Å². The second-order valence-corrected chi connectivity index (χ2v) is 5.61. The van der Waals surface area contributed by atoms with Crippen LogP contribution in [0.5, 0.6) is 0 Å². The van der Waals surface area contributed by atoms with Gasteiger partial charge in [0.25, 0.3) is 0 Å². The monoisotopic (exact) mass is 328 g/mol. The van der Waals surface area contributed by atoms with Crippen molar-refractivity contribution in [1.29, 1.82) is 0 Å². The Hall–Kier alpha value is -2.67. The molecule has 0 bridgehead atoms. The van der Waals surface area contributed by atoms with Crippen LogP contribution in [0, 0.1) is 0 Å². The molecule has 0 unspecified atom stereocenters. The van der Waals surface area contributed by atoms with E-state index in [9.17, 15) is 4.79 Å². The molecule has 0 spiro atoms. The van der Waals surface area contributed by atoms with Crippen LogP contribution in [0.2, 0.25) is 0 Å². The number of benzene rings is 1. The summed E-state index contributed by atoms with van der Waals surface area (Å²) >= 11 is 1.51. The largest absolute Gasteiger partial charge is 0.466 e. The number of esters is 1. The van der Waals surface area contributed by atoms with Crippen LogP contribution in [0.3, 0.4) is 0 Å². The summed E-state index contributed by atoms with van der Waals surface area (Å²) in [7, 11) is 0. The summed E-state index contributed by atoms with van der Waals surface area (Å²) in [5, 5.41) is 6.41. The lowest BCUT2D eigenvalue weighted by Crippen LogP contribution is -2.07. The Kier molecular flexibility index (Phi) is 4.38. The molecule has 118 valence electrons. The first-order valence-electron chi connectivity index (χ1n) is 7.16. The molecule has 23 heavy (non-hydrogen) atoms. The smallest absolute Gasteiger partial charge is 0.310 e. The Morgan fingerprint density at radius 3 is 2.74 bits per heavy atom. The Balaban J connectivity index is 1.81. The number of nitrogen functional groups attached to an aromatic ring is 1. The topological polar surface area (TPSA) is 83.0 Å². The van der Waals surface area contributed by atoms with Gasteiger partial charge < -0.3 is 10.5 Å². The van der Waals surface area contributed by atoms with Crippen molar-refractivity contribution < 1.29 is 9.53 Å². The van der Waals surface area contributed by atoms with Crippen LogP contribution in [-0.4, -0.2) is 27.3 Å². The molecule has 0 aliphatic carbocycles. The van der Waals surface area contributed by atoms with E-state index < -0.39 is 0 Å². The second kappa shape index (κ2) is 6.62. The van der Waals surface area contributed by atoms with Gasteiger partial charge in [-0.15, -0.1) is 11.3 Å². The van der Waals surface area contributed by atoms with Crippen molar-refractivity contribution in [2.24, 2.45) is 0 Å². The summed E-state index contributed by atoms with van der Waals surface area (Å²) < 4.78 is 6.60. The number of rotatable bonds is 5. The number of thiazole rings is 1. The molecule has 0 amide bonds. The molecule has 0 aliphatic rings. The molecule has 0 saturated carbocycles. The van der Waals surface area contributed by atoms with Gasteiger partial charge >= 0.3 is 5.97 Å². The number of nitrogens with zero attached hydrogens (tertiary/aromatic N) is 3. The van der Waals surface area contributed by atoms with E-state index in [-0.39, 0.29) is 12.4 Å². The Morgan fingerprint density at radius 2 is 2.09 bits per heavy atom. The predicted molar refractivity (Wildman–Crippen MR) is 89.4 cm³/mol.